The largest absolute Gasteiger partial charge is 0.496 e. The third-order valence-corrected chi connectivity index (χ3v) is 2.39. The van der Waals surface area contributed by atoms with Crippen LogP contribution in [0.1, 0.15) is 5.56 Å². The molecule has 0 unspecified atom stereocenters. The second-order valence-corrected chi connectivity index (χ2v) is 3.38. The predicted molar refractivity (Wildman–Crippen MR) is 60.9 cm³/mol. The first kappa shape index (κ1) is 11.1. The maximum atomic E-state index is 13.8. The second kappa shape index (κ2) is 4.62. The number of halogens is 1. The van der Waals surface area contributed by atoms with E-state index in [9.17, 15) is 4.39 Å². The Kier molecular flexibility index (Phi) is 3.01. The summed E-state index contributed by atoms with van der Waals surface area (Å²) in [6.07, 6.45) is 3.10. The molecule has 0 atom stereocenters. The molecular weight excluding hydrogens is 219 g/mol. The zero-order valence-corrected chi connectivity index (χ0v) is 9.14. The molecule has 1 aromatic carbocycles. The highest BCUT2D eigenvalue weighted by molar-refractivity contribution is 5.70. The van der Waals surface area contributed by atoms with Gasteiger partial charge in [-0.15, -0.1) is 0 Å². The Hall–Kier alpha value is -2.41. The van der Waals surface area contributed by atoms with E-state index in [1.165, 1.54) is 19.4 Å². The van der Waals surface area contributed by atoms with E-state index < -0.39 is 5.82 Å². The maximum Gasteiger partial charge on any atom is 0.132 e. The topological polar surface area (TPSA) is 45.9 Å². The van der Waals surface area contributed by atoms with Crippen molar-refractivity contribution in [1.29, 1.82) is 5.26 Å². The number of hydrogen-bond acceptors (Lipinski definition) is 3. The number of pyridine rings is 1. The van der Waals surface area contributed by atoms with Gasteiger partial charge in [0, 0.05) is 23.5 Å². The molecule has 0 aliphatic heterocycles. The summed E-state index contributed by atoms with van der Waals surface area (Å²) in [6.45, 7) is 0. The first-order chi connectivity index (χ1) is 8.26. The minimum atomic E-state index is -0.463. The second-order valence-electron chi connectivity index (χ2n) is 3.38. The normalized spacial score (nSPS) is 9.71. The monoisotopic (exact) mass is 228 g/mol. The van der Waals surface area contributed by atoms with Crippen LogP contribution in [0.2, 0.25) is 0 Å². The smallest absolute Gasteiger partial charge is 0.132 e. The molecule has 0 saturated carbocycles. The summed E-state index contributed by atoms with van der Waals surface area (Å²) in [5.74, 6) is 0.0824. The lowest BCUT2D eigenvalue weighted by atomic mass is 10.0. The Morgan fingerprint density at radius 1 is 1.29 bits per heavy atom. The van der Waals surface area contributed by atoms with Crippen molar-refractivity contribution < 1.29 is 9.13 Å². The molecule has 2 aromatic rings. The van der Waals surface area contributed by atoms with Gasteiger partial charge >= 0.3 is 0 Å². The fourth-order valence-corrected chi connectivity index (χ4v) is 1.57. The van der Waals surface area contributed by atoms with Crippen molar-refractivity contribution in [2.75, 3.05) is 7.11 Å². The highest BCUT2D eigenvalue weighted by atomic mass is 19.1. The average Bonchev–Trinajstić information content (AvgIpc) is 2.38. The van der Waals surface area contributed by atoms with Gasteiger partial charge in [-0.3, -0.25) is 4.98 Å². The lowest BCUT2D eigenvalue weighted by Gasteiger charge is -2.08. The summed E-state index contributed by atoms with van der Waals surface area (Å²) >= 11 is 0. The van der Waals surface area contributed by atoms with Crippen LogP contribution in [0.25, 0.3) is 11.1 Å². The van der Waals surface area contributed by atoms with E-state index >= 15 is 0 Å². The van der Waals surface area contributed by atoms with E-state index in [0.717, 1.165) is 0 Å². The molecule has 1 heterocycles. The van der Waals surface area contributed by atoms with Crippen LogP contribution in [0.15, 0.2) is 36.7 Å². The molecule has 0 amide bonds. The van der Waals surface area contributed by atoms with E-state index in [1.54, 1.807) is 24.4 Å². The summed E-state index contributed by atoms with van der Waals surface area (Å²) in [4.78, 5) is 3.94. The van der Waals surface area contributed by atoms with Crippen LogP contribution in [0.4, 0.5) is 4.39 Å². The van der Waals surface area contributed by atoms with E-state index in [0.29, 0.717) is 16.9 Å². The van der Waals surface area contributed by atoms with Gasteiger partial charge in [-0.05, 0) is 24.3 Å². The zero-order chi connectivity index (χ0) is 12.3. The van der Waals surface area contributed by atoms with Crippen molar-refractivity contribution in [3.05, 3.63) is 48.0 Å². The van der Waals surface area contributed by atoms with Crippen molar-refractivity contribution in [2.24, 2.45) is 0 Å². The fraction of sp³-hybridized carbons (Fsp3) is 0.0769. The van der Waals surface area contributed by atoms with Gasteiger partial charge < -0.3 is 4.74 Å². The lowest BCUT2D eigenvalue weighted by Crippen LogP contribution is -1.92. The maximum absolute atomic E-state index is 13.8. The van der Waals surface area contributed by atoms with Crippen molar-refractivity contribution in [2.45, 2.75) is 0 Å². The van der Waals surface area contributed by atoms with Gasteiger partial charge in [-0.2, -0.15) is 5.26 Å². The molecule has 0 N–H and O–H groups in total. The highest BCUT2D eigenvalue weighted by Gasteiger charge is 2.10. The van der Waals surface area contributed by atoms with Gasteiger partial charge in [0.05, 0.1) is 18.7 Å². The Balaban J connectivity index is 2.57. The SMILES string of the molecule is COc1ccncc1-c1ccc(C#N)cc1F. The molecule has 0 saturated heterocycles. The summed E-state index contributed by atoms with van der Waals surface area (Å²) in [6, 6.07) is 7.85. The van der Waals surface area contributed by atoms with Gasteiger partial charge in [0.15, 0.2) is 0 Å². The third kappa shape index (κ3) is 2.08. The molecule has 1 aromatic heterocycles. The van der Waals surface area contributed by atoms with Gasteiger partial charge in [0.25, 0.3) is 0 Å². The number of rotatable bonds is 2. The summed E-state index contributed by atoms with van der Waals surface area (Å²) in [7, 11) is 1.51. The number of nitriles is 1. The number of methoxy groups -OCH3 is 1. The number of benzene rings is 1. The quantitative estimate of drug-likeness (QED) is 0.793. The Morgan fingerprint density at radius 2 is 2.12 bits per heavy atom. The van der Waals surface area contributed by atoms with E-state index in [4.69, 9.17) is 10.00 Å². The number of aromatic nitrogens is 1. The number of hydrogen-bond donors (Lipinski definition) is 0. The molecule has 4 heteroatoms. The van der Waals surface area contributed by atoms with Crippen molar-refractivity contribution in [3.63, 3.8) is 0 Å². The molecule has 0 aliphatic rings. The Labute approximate surface area is 98.1 Å². The van der Waals surface area contributed by atoms with Crippen molar-refractivity contribution in [1.82, 2.24) is 4.98 Å². The molecule has 0 radical (unpaired) electrons. The number of nitrogens with zero attached hydrogens (tertiary/aromatic N) is 2. The summed E-state index contributed by atoms with van der Waals surface area (Å²) in [5, 5.41) is 8.67. The standard InChI is InChI=1S/C13H9FN2O/c1-17-13-4-5-16-8-11(13)10-3-2-9(7-15)6-12(10)14/h2-6,8H,1H3. The van der Waals surface area contributed by atoms with E-state index in [2.05, 4.69) is 4.98 Å². The summed E-state index contributed by atoms with van der Waals surface area (Å²) < 4.78 is 18.9. The molecule has 0 fully saturated rings. The highest BCUT2D eigenvalue weighted by Crippen LogP contribution is 2.30. The Morgan fingerprint density at radius 3 is 2.76 bits per heavy atom. The number of ether oxygens (including phenoxy) is 1. The van der Waals surface area contributed by atoms with Crippen LogP contribution in [0, 0.1) is 17.1 Å². The van der Waals surface area contributed by atoms with Crippen LogP contribution >= 0.6 is 0 Å². The minimum Gasteiger partial charge on any atom is -0.496 e. The molecule has 2 rings (SSSR count). The summed E-state index contributed by atoms with van der Waals surface area (Å²) in [5.41, 5.74) is 1.22. The van der Waals surface area contributed by atoms with Gasteiger partial charge in [0.2, 0.25) is 0 Å². The molecular formula is C13H9FN2O. The van der Waals surface area contributed by atoms with Crippen LogP contribution in [-0.4, -0.2) is 12.1 Å². The molecule has 0 spiro atoms. The minimum absolute atomic E-state index is 0.286. The Bertz CT molecular complexity index is 590. The van der Waals surface area contributed by atoms with Crippen molar-refractivity contribution in [3.8, 4) is 22.9 Å². The lowest BCUT2D eigenvalue weighted by molar-refractivity contribution is 0.415. The third-order valence-electron chi connectivity index (χ3n) is 2.39. The molecule has 0 aliphatic carbocycles. The predicted octanol–water partition coefficient (Wildman–Crippen LogP) is 2.77. The zero-order valence-electron chi connectivity index (χ0n) is 9.14. The van der Waals surface area contributed by atoms with E-state index in [-0.39, 0.29) is 5.56 Å². The molecule has 84 valence electrons. The van der Waals surface area contributed by atoms with Gasteiger partial charge in [-0.25, -0.2) is 4.39 Å². The van der Waals surface area contributed by atoms with Crippen LogP contribution in [0.5, 0.6) is 5.75 Å². The molecule has 0 bridgehead atoms. The van der Waals surface area contributed by atoms with Crippen LogP contribution in [0.3, 0.4) is 0 Å². The molecule has 3 nitrogen and oxygen atoms in total. The van der Waals surface area contributed by atoms with Gasteiger partial charge in [-0.1, -0.05) is 0 Å². The van der Waals surface area contributed by atoms with Crippen LogP contribution < -0.4 is 4.74 Å². The first-order valence-corrected chi connectivity index (χ1v) is 4.94. The molecule has 17 heavy (non-hydrogen) atoms. The van der Waals surface area contributed by atoms with E-state index in [1.807, 2.05) is 6.07 Å². The fourth-order valence-electron chi connectivity index (χ4n) is 1.57. The van der Waals surface area contributed by atoms with Crippen molar-refractivity contribution >= 4 is 0 Å². The average molecular weight is 228 g/mol. The first-order valence-electron chi connectivity index (χ1n) is 4.94. The van der Waals surface area contributed by atoms with Crippen LogP contribution in [-0.2, 0) is 0 Å². The van der Waals surface area contributed by atoms with Gasteiger partial charge in [0.1, 0.15) is 11.6 Å².